The van der Waals surface area contributed by atoms with Gasteiger partial charge in [-0.2, -0.15) is 0 Å². The predicted octanol–water partition coefficient (Wildman–Crippen LogP) is 3.25. The van der Waals surface area contributed by atoms with E-state index in [9.17, 15) is 0 Å². The minimum atomic E-state index is 0.351. The van der Waals surface area contributed by atoms with E-state index < -0.39 is 0 Å². The van der Waals surface area contributed by atoms with Crippen LogP contribution in [-0.4, -0.2) is 22.2 Å². The summed E-state index contributed by atoms with van der Waals surface area (Å²) in [6.45, 7) is 2.01. The van der Waals surface area contributed by atoms with Crippen LogP contribution in [0.15, 0.2) is 4.47 Å². The third kappa shape index (κ3) is 1.65. The van der Waals surface area contributed by atoms with Gasteiger partial charge in [0.25, 0.3) is 0 Å². The summed E-state index contributed by atoms with van der Waals surface area (Å²) in [4.78, 5) is 7.81. The lowest BCUT2D eigenvalue weighted by molar-refractivity contribution is 0.0998. The molecule has 0 saturated carbocycles. The number of nitrogens with zero attached hydrogens (tertiary/aromatic N) is 1. The minimum Gasteiger partial charge on any atom is -0.374 e. The molecule has 86 valence electrons. The van der Waals surface area contributed by atoms with E-state index in [1.54, 1.807) is 0 Å². The van der Waals surface area contributed by atoms with Gasteiger partial charge in [0.2, 0.25) is 0 Å². The van der Waals surface area contributed by atoms with Gasteiger partial charge in [0.15, 0.2) is 0 Å². The molecule has 3 rings (SSSR count). The van der Waals surface area contributed by atoms with Crippen molar-refractivity contribution in [1.82, 2.24) is 9.97 Å². The van der Waals surface area contributed by atoms with Crippen molar-refractivity contribution < 1.29 is 4.74 Å². The van der Waals surface area contributed by atoms with Crippen molar-refractivity contribution in [3.05, 3.63) is 20.6 Å². The first-order valence-corrected chi connectivity index (χ1v) is 6.77. The summed E-state index contributed by atoms with van der Waals surface area (Å²) >= 11 is 8.66. The number of rotatable bonds is 1. The Kier molecular flexibility index (Phi) is 2.64. The van der Waals surface area contributed by atoms with Gasteiger partial charge in [0.1, 0.15) is 10.5 Å². The number of aryl methyl sites for hydroxylation is 1. The standard InChI is InChI=1S/C11H13BrN2OS/c1-5-9(12)11(16)14-10(13-5)7-4-6-2-3-8(7)15-6/h6-8H,2-4H2,1H3,(H,13,14,16). The van der Waals surface area contributed by atoms with Gasteiger partial charge in [-0.3, -0.25) is 0 Å². The van der Waals surface area contributed by atoms with Gasteiger partial charge in [-0.25, -0.2) is 4.98 Å². The van der Waals surface area contributed by atoms with Crippen molar-refractivity contribution in [3.63, 3.8) is 0 Å². The Labute approximate surface area is 108 Å². The number of hydrogen-bond donors (Lipinski definition) is 1. The SMILES string of the molecule is Cc1[nH]c(C2CC3CCC2O3)nc(=S)c1Br. The molecule has 2 bridgehead atoms. The average Bonchev–Trinajstić information content (AvgIpc) is 2.86. The van der Waals surface area contributed by atoms with Crippen molar-refractivity contribution >= 4 is 28.1 Å². The number of hydrogen-bond acceptors (Lipinski definition) is 3. The van der Waals surface area contributed by atoms with Crippen LogP contribution in [0.5, 0.6) is 0 Å². The summed E-state index contributed by atoms with van der Waals surface area (Å²) in [5, 5.41) is 0. The summed E-state index contributed by atoms with van der Waals surface area (Å²) in [7, 11) is 0. The molecule has 3 atom stereocenters. The molecule has 3 nitrogen and oxygen atoms in total. The first-order valence-electron chi connectivity index (χ1n) is 5.57. The lowest BCUT2D eigenvalue weighted by Crippen LogP contribution is -2.17. The molecule has 0 amide bonds. The molecule has 1 N–H and O–H groups in total. The van der Waals surface area contributed by atoms with Gasteiger partial charge in [-0.1, -0.05) is 12.2 Å². The molecule has 2 aliphatic heterocycles. The van der Waals surface area contributed by atoms with Crippen LogP contribution in [0.25, 0.3) is 0 Å². The van der Waals surface area contributed by atoms with Crippen molar-refractivity contribution in [3.8, 4) is 0 Å². The number of halogens is 1. The van der Waals surface area contributed by atoms with Crippen molar-refractivity contribution in [2.75, 3.05) is 0 Å². The number of fused-ring (bicyclic) bond motifs is 2. The van der Waals surface area contributed by atoms with Crippen LogP contribution < -0.4 is 0 Å². The second-order valence-electron chi connectivity index (χ2n) is 4.58. The normalized spacial score (nSPS) is 32.2. The van der Waals surface area contributed by atoms with Crippen LogP contribution in [0.3, 0.4) is 0 Å². The van der Waals surface area contributed by atoms with E-state index in [1.807, 2.05) is 6.92 Å². The topological polar surface area (TPSA) is 37.9 Å². The fraction of sp³-hybridized carbons (Fsp3) is 0.636. The minimum absolute atomic E-state index is 0.351. The van der Waals surface area contributed by atoms with E-state index in [4.69, 9.17) is 17.0 Å². The zero-order valence-electron chi connectivity index (χ0n) is 9.00. The third-order valence-electron chi connectivity index (χ3n) is 3.51. The Balaban J connectivity index is 1.99. The highest BCUT2D eigenvalue weighted by Crippen LogP contribution is 2.43. The quantitative estimate of drug-likeness (QED) is 0.809. The highest BCUT2D eigenvalue weighted by Gasteiger charge is 2.42. The molecule has 0 aromatic carbocycles. The fourth-order valence-electron chi connectivity index (χ4n) is 2.70. The van der Waals surface area contributed by atoms with Gasteiger partial charge in [-0.15, -0.1) is 0 Å². The highest BCUT2D eigenvalue weighted by molar-refractivity contribution is 9.10. The smallest absolute Gasteiger partial charge is 0.144 e. The summed E-state index contributed by atoms with van der Waals surface area (Å²) in [5.74, 6) is 1.41. The number of nitrogens with one attached hydrogen (secondary N) is 1. The number of ether oxygens (including phenoxy) is 1. The first-order chi connectivity index (χ1) is 7.65. The highest BCUT2D eigenvalue weighted by atomic mass is 79.9. The van der Waals surface area contributed by atoms with Gasteiger partial charge in [0, 0.05) is 11.6 Å². The van der Waals surface area contributed by atoms with Crippen molar-refractivity contribution in [1.29, 1.82) is 0 Å². The Morgan fingerprint density at radius 3 is 2.88 bits per heavy atom. The van der Waals surface area contributed by atoms with Crippen LogP contribution in [0.1, 0.15) is 36.7 Å². The molecule has 2 fully saturated rings. The molecular formula is C11H13BrN2OS. The Hall–Kier alpha value is -0.260. The molecule has 2 saturated heterocycles. The maximum atomic E-state index is 5.84. The zero-order chi connectivity index (χ0) is 11.3. The van der Waals surface area contributed by atoms with E-state index >= 15 is 0 Å². The molecule has 1 aromatic rings. The van der Waals surface area contributed by atoms with E-state index in [0.29, 0.717) is 22.8 Å². The molecule has 5 heteroatoms. The molecule has 3 heterocycles. The van der Waals surface area contributed by atoms with Gasteiger partial charge < -0.3 is 9.72 Å². The molecule has 1 aromatic heterocycles. The van der Waals surface area contributed by atoms with Crippen LogP contribution >= 0.6 is 28.1 Å². The lowest BCUT2D eigenvalue weighted by Gasteiger charge is -2.18. The first kappa shape index (κ1) is 10.9. The summed E-state index contributed by atoms with van der Waals surface area (Å²) in [6, 6.07) is 0. The maximum absolute atomic E-state index is 5.84. The zero-order valence-corrected chi connectivity index (χ0v) is 11.4. The Bertz CT molecular complexity index is 487. The largest absolute Gasteiger partial charge is 0.374 e. The fourth-order valence-corrected chi connectivity index (χ4v) is 3.13. The van der Waals surface area contributed by atoms with Crippen molar-refractivity contribution in [2.24, 2.45) is 0 Å². The maximum Gasteiger partial charge on any atom is 0.144 e. The lowest BCUT2D eigenvalue weighted by atomic mass is 9.88. The Morgan fingerprint density at radius 2 is 2.31 bits per heavy atom. The van der Waals surface area contributed by atoms with Gasteiger partial charge >= 0.3 is 0 Å². The second kappa shape index (κ2) is 3.89. The van der Waals surface area contributed by atoms with E-state index in [2.05, 4.69) is 25.9 Å². The molecule has 0 aliphatic carbocycles. The van der Waals surface area contributed by atoms with Crippen LogP contribution in [0.4, 0.5) is 0 Å². The Morgan fingerprint density at radius 1 is 1.50 bits per heavy atom. The number of aromatic nitrogens is 2. The van der Waals surface area contributed by atoms with Crippen LogP contribution in [0, 0.1) is 11.6 Å². The molecule has 3 unspecified atom stereocenters. The third-order valence-corrected chi connectivity index (χ3v) is 5.04. The summed E-state index contributed by atoms with van der Waals surface area (Å²) in [5.41, 5.74) is 1.05. The van der Waals surface area contributed by atoms with E-state index in [0.717, 1.165) is 28.8 Å². The molecule has 16 heavy (non-hydrogen) atoms. The molecule has 0 spiro atoms. The number of H-pyrrole nitrogens is 1. The van der Waals surface area contributed by atoms with E-state index in [1.165, 1.54) is 6.42 Å². The van der Waals surface area contributed by atoms with Gasteiger partial charge in [-0.05, 0) is 42.1 Å². The number of aromatic amines is 1. The molecule has 2 aliphatic rings. The van der Waals surface area contributed by atoms with Crippen LogP contribution in [-0.2, 0) is 4.74 Å². The average molecular weight is 301 g/mol. The summed E-state index contributed by atoms with van der Waals surface area (Å²) < 4.78 is 7.39. The van der Waals surface area contributed by atoms with Gasteiger partial charge in [0.05, 0.1) is 16.7 Å². The van der Waals surface area contributed by atoms with E-state index in [-0.39, 0.29) is 0 Å². The van der Waals surface area contributed by atoms with Crippen LogP contribution in [0.2, 0.25) is 0 Å². The van der Waals surface area contributed by atoms with Crippen molar-refractivity contribution in [2.45, 2.75) is 44.3 Å². The summed E-state index contributed by atoms with van der Waals surface area (Å²) in [6.07, 6.45) is 4.25. The predicted molar refractivity (Wildman–Crippen MR) is 67.1 cm³/mol. The molecule has 0 radical (unpaired) electrons. The molecular weight excluding hydrogens is 288 g/mol. The second-order valence-corrected chi connectivity index (χ2v) is 5.76. The monoisotopic (exact) mass is 300 g/mol.